The summed E-state index contributed by atoms with van der Waals surface area (Å²) in [6.45, 7) is 0.360. The lowest BCUT2D eigenvalue weighted by atomic mass is 10.1. The van der Waals surface area contributed by atoms with Crippen LogP contribution in [0.15, 0.2) is 42.7 Å². The second-order valence-corrected chi connectivity index (χ2v) is 4.58. The first-order valence-corrected chi connectivity index (χ1v) is 6.05. The van der Waals surface area contributed by atoms with Crippen LogP contribution < -0.4 is 0 Å². The third-order valence-corrected chi connectivity index (χ3v) is 2.88. The molecule has 5 heteroatoms. The van der Waals surface area contributed by atoms with Gasteiger partial charge in [-0.25, -0.2) is 4.39 Å². The molecule has 19 heavy (non-hydrogen) atoms. The molecule has 2 aromatic rings. The van der Waals surface area contributed by atoms with Crippen molar-refractivity contribution in [1.82, 2.24) is 9.88 Å². The molecule has 0 fully saturated rings. The summed E-state index contributed by atoms with van der Waals surface area (Å²) >= 11 is 5.78. The fraction of sp³-hybridized carbons (Fsp3) is 0.143. The molecule has 0 atom stereocenters. The van der Waals surface area contributed by atoms with Crippen molar-refractivity contribution in [2.75, 3.05) is 7.05 Å². The summed E-state index contributed by atoms with van der Waals surface area (Å²) in [6.07, 6.45) is 3.32. The summed E-state index contributed by atoms with van der Waals surface area (Å²) in [4.78, 5) is 17.5. The van der Waals surface area contributed by atoms with Crippen molar-refractivity contribution in [1.29, 1.82) is 0 Å². The molecule has 1 aromatic carbocycles. The second-order valence-electron chi connectivity index (χ2n) is 4.15. The van der Waals surface area contributed by atoms with Crippen molar-refractivity contribution in [3.05, 3.63) is 64.7 Å². The van der Waals surface area contributed by atoms with E-state index in [0.29, 0.717) is 11.6 Å². The van der Waals surface area contributed by atoms with Gasteiger partial charge >= 0.3 is 0 Å². The van der Waals surface area contributed by atoms with Gasteiger partial charge in [0, 0.05) is 31.0 Å². The lowest BCUT2D eigenvalue weighted by Crippen LogP contribution is -2.27. The topological polar surface area (TPSA) is 33.2 Å². The Morgan fingerprint density at radius 3 is 2.89 bits per heavy atom. The number of amides is 1. The normalized spacial score (nSPS) is 10.3. The smallest absolute Gasteiger partial charge is 0.256 e. The van der Waals surface area contributed by atoms with E-state index in [1.165, 1.54) is 23.1 Å². The van der Waals surface area contributed by atoms with Crippen LogP contribution in [0.3, 0.4) is 0 Å². The molecule has 0 saturated heterocycles. The quantitative estimate of drug-likeness (QED) is 0.864. The van der Waals surface area contributed by atoms with Crippen molar-refractivity contribution in [3.8, 4) is 0 Å². The highest BCUT2D eigenvalue weighted by atomic mass is 35.5. The minimum Gasteiger partial charge on any atom is -0.337 e. The Bertz CT molecular complexity index is 589. The van der Waals surface area contributed by atoms with Gasteiger partial charge in [0.05, 0.1) is 5.56 Å². The molecule has 0 N–H and O–H groups in total. The third kappa shape index (κ3) is 3.29. The van der Waals surface area contributed by atoms with Gasteiger partial charge in [-0.2, -0.15) is 0 Å². The van der Waals surface area contributed by atoms with Gasteiger partial charge in [-0.15, -0.1) is 0 Å². The Morgan fingerprint density at radius 2 is 2.21 bits per heavy atom. The summed E-state index contributed by atoms with van der Waals surface area (Å²) in [5.41, 5.74) is 0.847. The Labute approximate surface area is 115 Å². The maximum absolute atomic E-state index is 13.6. The molecule has 1 heterocycles. The molecular formula is C14H12ClFN2O. The summed E-state index contributed by atoms with van der Waals surface area (Å²) in [7, 11) is 1.61. The van der Waals surface area contributed by atoms with Crippen LogP contribution in [0.25, 0.3) is 0 Å². The SMILES string of the molecule is CN(Cc1cccnc1)C(=O)c1cc(Cl)ccc1F. The van der Waals surface area contributed by atoms with Gasteiger partial charge in [0.1, 0.15) is 5.82 Å². The number of rotatable bonds is 3. The number of carbonyl (C=O) groups is 1. The standard InChI is InChI=1S/C14H12ClFN2O/c1-18(9-10-3-2-6-17-8-10)14(19)12-7-11(15)4-5-13(12)16/h2-8H,9H2,1H3. The first-order chi connectivity index (χ1) is 9.08. The van der Waals surface area contributed by atoms with E-state index in [4.69, 9.17) is 11.6 Å². The predicted molar refractivity (Wildman–Crippen MR) is 71.4 cm³/mol. The minimum absolute atomic E-state index is 0.0288. The molecule has 3 nitrogen and oxygen atoms in total. The highest BCUT2D eigenvalue weighted by Crippen LogP contribution is 2.17. The molecule has 0 bridgehead atoms. The number of nitrogens with zero attached hydrogens (tertiary/aromatic N) is 2. The first kappa shape index (κ1) is 13.5. The lowest BCUT2D eigenvalue weighted by molar-refractivity contribution is 0.0780. The number of halogens is 2. The second kappa shape index (κ2) is 5.80. The van der Waals surface area contributed by atoms with Gasteiger partial charge in [-0.3, -0.25) is 9.78 Å². The molecule has 0 aliphatic rings. The van der Waals surface area contributed by atoms with E-state index in [1.54, 1.807) is 25.5 Å². The summed E-state index contributed by atoms with van der Waals surface area (Å²) in [5.74, 6) is -0.990. The van der Waals surface area contributed by atoms with E-state index < -0.39 is 11.7 Å². The minimum atomic E-state index is -0.576. The fourth-order valence-corrected chi connectivity index (χ4v) is 1.88. The van der Waals surface area contributed by atoms with E-state index in [9.17, 15) is 9.18 Å². The molecule has 1 amide bonds. The van der Waals surface area contributed by atoms with Crippen molar-refractivity contribution in [3.63, 3.8) is 0 Å². The highest BCUT2D eigenvalue weighted by molar-refractivity contribution is 6.30. The molecule has 0 aliphatic carbocycles. The molecule has 1 aromatic heterocycles. The van der Waals surface area contributed by atoms with Crippen LogP contribution in [0.1, 0.15) is 15.9 Å². The summed E-state index contributed by atoms with van der Waals surface area (Å²) in [5, 5.41) is 0.333. The van der Waals surface area contributed by atoms with Crippen LogP contribution in [0.5, 0.6) is 0 Å². The van der Waals surface area contributed by atoms with Gasteiger partial charge < -0.3 is 4.90 Å². The molecule has 0 aliphatic heterocycles. The van der Waals surface area contributed by atoms with Crippen molar-refractivity contribution in [2.24, 2.45) is 0 Å². The number of aromatic nitrogens is 1. The maximum atomic E-state index is 13.6. The average molecular weight is 279 g/mol. The fourth-order valence-electron chi connectivity index (χ4n) is 1.70. The van der Waals surface area contributed by atoms with Crippen molar-refractivity contribution in [2.45, 2.75) is 6.54 Å². The van der Waals surface area contributed by atoms with Gasteiger partial charge in [-0.05, 0) is 29.8 Å². The Balaban J connectivity index is 2.17. The summed E-state index contributed by atoms with van der Waals surface area (Å²) < 4.78 is 13.6. The maximum Gasteiger partial charge on any atom is 0.256 e. The highest BCUT2D eigenvalue weighted by Gasteiger charge is 2.16. The predicted octanol–water partition coefficient (Wildman–Crippen LogP) is 3.15. The molecular weight excluding hydrogens is 267 g/mol. The van der Waals surface area contributed by atoms with E-state index in [2.05, 4.69) is 4.98 Å². The summed E-state index contributed by atoms with van der Waals surface area (Å²) in [6, 6.07) is 7.57. The van der Waals surface area contributed by atoms with Crippen LogP contribution in [0.4, 0.5) is 4.39 Å². The van der Waals surface area contributed by atoms with Crippen LogP contribution in [-0.2, 0) is 6.54 Å². The average Bonchev–Trinajstić information content (AvgIpc) is 2.42. The van der Waals surface area contributed by atoms with E-state index in [0.717, 1.165) is 5.56 Å². The monoisotopic (exact) mass is 278 g/mol. The molecule has 0 saturated carbocycles. The van der Waals surface area contributed by atoms with Crippen LogP contribution in [0.2, 0.25) is 5.02 Å². The lowest BCUT2D eigenvalue weighted by Gasteiger charge is -2.17. The third-order valence-electron chi connectivity index (χ3n) is 2.65. The Hall–Kier alpha value is -1.94. The number of pyridine rings is 1. The number of benzene rings is 1. The molecule has 0 radical (unpaired) electrons. The van der Waals surface area contributed by atoms with Crippen LogP contribution >= 0.6 is 11.6 Å². The zero-order chi connectivity index (χ0) is 13.8. The Morgan fingerprint density at radius 1 is 1.42 bits per heavy atom. The zero-order valence-corrected chi connectivity index (χ0v) is 11.1. The van der Waals surface area contributed by atoms with E-state index in [-0.39, 0.29) is 5.56 Å². The van der Waals surface area contributed by atoms with E-state index >= 15 is 0 Å². The zero-order valence-electron chi connectivity index (χ0n) is 10.3. The van der Waals surface area contributed by atoms with Crippen LogP contribution in [-0.4, -0.2) is 22.8 Å². The molecule has 2 rings (SSSR count). The van der Waals surface area contributed by atoms with Crippen molar-refractivity contribution >= 4 is 17.5 Å². The van der Waals surface area contributed by atoms with Crippen molar-refractivity contribution < 1.29 is 9.18 Å². The number of hydrogen-bond acceptors (Lipinski definition) is 2. The molecule has 0 unspecified atom stereocenters. The number of carbonyl (C=O) groups excluding carboxylic acids is 1. The van der Waals surface area contributed by atoms with Gasteiger partial charge in [0.15, 0.2) is 0 Å². The molecule has 0 spiro atoms. The first-order valence-electron chi connectivity index (χ1n) is 5.67. The van der Waals surface area contributed by atoms with E-state index in [1.807, 2.05) is 6.07 Å². The Kier molecular flexibility index (Phi) is 4.12. The van der Waals surface area contributed by atoms with Gasteiger partial charge in [-0.1, -0.05) is 17.7 Å². The van der Waals surface area contributed by atoms with Gasteiger partial charge in [0.25, 0.3) is 5.91 Å². The largest absolute Gasteiger partial charge is 0.337 e. The number of hydrogen-bond donors (Lipinski definition) is 0. The molecule has 98 valence electrons. The van der Waals surface area contributed by atoms with Gasteiger partial charge in [0.2, 0.25) is 0 Å². The van der Waals surface area contributed by atoms with Crippen LogP contribution in [0, 0.1) is 5.82 Å².